The van der Waals surface area contributed by atoms with Crippen LogP contribution >= 0.6 is 0 Å². The highest BCUT2D eigenvalue weighted by Gasteiger charge is 2.17. The Kier molecular flexibility index (Phi) is 3.61. The van der Waals surface area contributed by atoms with Crippen molar-refractivity contribution in [3.63, 3.8) is 0 Å². The van der Waals surface area contributed by atoms with Crippen LogP contribution in [0.4, 0.5) is 11.5 Å². The van der Waals surface area contributed by atoms with Crippen molar-refractivity contribution in [2.45, 2.75) is 20.4 Å². The Morgan fingerprint density at radius 3 is 2.79 bits per heavy atom. The molecule has 0 fully saturated rings. The number of aromatic nitrogens is 3. The molecule has 0 aliphatic heterocycles. The number of nitrogens with zero attached hydrogens (tertiary/aromatic N) is 5. The Hall–Kier alpha value is -3.74. The topological polar surface area (TPSA) is 88.8 Å². The number of furan rings is 1. The first kappa shape index (κ1) is 16.4. The lowest BCUT2D eigenvalue weighted by molar-refractivity contribution is 0.427. The fourth-order valence-electron chi connectivity index (χ4n) is 3.54. The van der Waals surface area contributed by atoms with Gasteiger partial charge < -0.3 is 14.1 Å². The maximum Gasteiger partial charge on any atom is 0.221 e. The molecule has 7 heteroatoms. The minimum Gasteiger partial charge on any atom is -0.493 e. The summed E-state index contributed by atoms with van der Waals surface area (Å²) >= 11 is 0. The summed E-state index contributed by atoms with van der Waals surface area (Å²) < 4.78 is 7.69. The van der Waals surface area contributed by atoms with Crippen LogP contribution in [0.25, 0.3) is 33.0 Å². The molecule has 0 aliphatic carbocycles. The molecule has 7 nitrogen and oxygen atoms in total. The molecule has 0 atom stereocenters. The smallest absolute Gasteiger partial charge is 0.221 e. The summed E-state index contributed by atoms with van der Waals surface area (Å²) in [5, 5.41) is 21.0. The van der Waals surface area contributed by atoms with Gasteiger partial charge in [0.1, 0.15) is 17.4 Å². The lowest BCUT2D eigenvalue weighted by Crippen LogP contribution is -1.91. The number of aryl methyl sites for hydroxylation is 2. The van der Waals surface area contributed by atoms with Gasteiger partial charge in [-0.05, 0) is 38.1 Å². The van der Waals surface area contributed by atoms with Gasteiger partial charge >= 0.3 is 0 Å². The number of hydrogen-bond acceptors (Lipinski definition) is 6. The Morgan fingerprint density at radius 1 is 1.07 bits per heavy atom. The second kappa shape index (κ2) is 6.16. The van der Waals surface area contributed by atoms with Crippen molar-refractivity contribution < 1.29 is 9.52 Å². The first-order valence-electron chi connectivity index (χ1n) is 9.03. The molecule has 138 valence electrons. The van der Waals surface area contributed by atoms with E-state index in [9.17, 15) is 5.11 Å². The van der Waals surface area contributed by atoms with Crippen LogP contribution in [0.1, 0.15) is 12.5 Å². The average molecular weight is 371 g/mol. The zero-order valence-corrected chi connectivity index (χ0v) is 15.4. The molecule has 0 spiro atoms. The quantitative estimate of drug-likeness (QED) is 0.407. The van der Waals surface area contributed by atoms with E-state index in [4.69, 9.17) is 4.42 Å². The molecule has 3 aromatic heterocycles. The van der Waals surface area contributed by atoms with Crippen molar-refractivity contribution in [1.82, 2.24) is 14.5 Å². The standard InChI is InChI=1S/C21H17N5O2/c1-3-26-15-9-8-12(2)10-14(15)18(21(26)27)24-25-20-19-17(22-11-23-20)13-6-4-5-7-16(13)28-19/h4-11,27H,3H2,1-2H3. The highest BCUT2D eigenvalue weighted by Crippen LogP contribution is 2.40. The van der Waals surface area contributed by atoms with Crippen LogP contribution in [-0.4, -0.2) is 19.6 Å². The fraction of sp³-hybridized carbons (Fsp3) is 0.143. The highest BCUT2D eigenvalue weighted by molar-refractivity contribution is 6.05. The van der Waals surface area contributed by atoms with Crippen molar-refractivity contribution in [3.05, 3.63) is 54.4 Å². The van der Waals surface area contributed by atoms with E-state index < -0.39 is 0 Å². The fourth-order valence-corrected chi connectivity index (χ4v) is 3.54. The van der Waals surface area contributed by atoms with Gasteiger partial charge in [0, 0.05) is 17.3 Å². The molecule has 0 saturated heterocycles. The van der Waals surface area contributed by atoms with E-state index in [-0.39, 0.29) is 5.88 Å². The average Bonchev–Trinajstić information content (AvgIpc) is 3.21. The van der Waals surface area contributed by atoms with Crippen LogP contribution in [0, 0.1) is 6.92 Å². The van der Waals surface area contributed by atoms with Gasteiger partial charge in [0.25, 0.3) is 0 Å². The first-order chi connectivity index (χ1) is 13.7. The Labute approximate surface area is 160 Å². The van der Waals surface area contributed by atoms with Gasteiger partial charge in [0.2, 0.25) is 11.7 Å². The van der Waals surface area contributed by atoms with Gasteiger partial charge in [0.15, 0.2) is 11.3 Å². The van der Waals surface area contributed by atoms with Gasteiger partial charge in [-0.2, -0.15) is 0 Å². The molecule has 3 heterocycles. The molecule has 0 aliphatic rings. The maximum absolute atomic E-state index is 10.7. The largest absolute Gasteiger partial charge is 0.493 e. The summed E-state index contributed by atoms with van der Waals surface area (Å²) in [5.41, 5.74) is 4.30. The van der Waals surface area contributed by atoms with Gasteiger partial charge in [-0.1, -0.05) is 23.8 Å². The molecule has 2 aromatic carbocycles. The van der Waals surface area contributed by atoms with Crippen LogP contribution in [0.5, 0.6) is 5.88 Å². The Balaban J connectivity index is 1.70. The van der Waals surface area contributed by atoms with Crippen molar-refractivity contribution >= 4 is 44.5 Å². The molecule has 1 N–H and O–H groups in total. The van der Waals surface area contributed by atoms with Crippen LogP contribution in [-0.2, 0) is 6.54 Å². The van der Waals surface area contributed by atoms with Gasteiger partial charge in [0.05, 0.1) is 5.52 Å². The number of para-hydroxylation sites is 1. The van der Waals surface area contributed by atoms with Crippen LogP contribution in [0.15, 0.2) is 63.4 Å². The molecule has 0 unspecified atom stereocenters. The van der Waals surface area contributed by atoms with Gasteiger partial charge in [-0.3, -0.25) is 0 Å². The second-order valence-electron chi connectivity index (χ2n) is 6.61. The molecule has 0 amide bonds. The van der Waals surface area contributed by atoms with Gasteiger partial charge in [-0.25, -0.2) is 9.97 Å². The summed E-state index contributed by atoms with van der Waals surface area (Å²) in [6.07, 6.45) is 1.44. The summed E-state index contributed by atoms with van der Waals surface area (Å²) in [6.45, 7) is 4.60. The summed E-state index contributed by atoms with van der Waals surface area (Å²) in [7, 11) is 0. The second-order valence-corrected chi connectivity index (χ2v) is 6.61. The van der Waals surface area contributed by atoms with Crippen LogP contribution in [0.2, 0.25) is 0 Å². The minimum absolute atomic E-state index is 0.0850. The molecule has 0 radical (unpaired) electrons. The predicted molar refractivity (Wildman–Crippen MR) is 107 cm³/mol. The molecule has 5 aromatic rings. The zero-order chi connectivity index (χ0) is 19.3. The minimum atomic E-state index is 0.0850. The third kappa shape index (κ3) is 2.36. The lowest BCUT2D eigenvalue weighted by Gasteiger charge is -2.01. The third-order valence-corrected chi connectivity index (χ3v) is 4.87. The van der Waals surface area contributed by atoms with Gasteiger partial charge in [-0.15, -0.1) is 10.2 Å². The van der Waals surface area contributed by atoms with E-state index in [0.29, 0.717) is 29.1 Å². The number of rotatable bonds is 3. The summed E-state index contributed by atoms with van der Waals surface area (Å²) in [6, 6.07) is 13.6. The summed E-state index contributed by atoms with van der Waals surface area (Å²) in [5.74, 6) is 0.410. The third-order valence-electron chi connectivity index (χ3n) is 4.87. The van der Waals surface area contributed by atoms with E-state index in [2.05, 4.69) is 20.2 Å². The number of fused-ring (bicyclic) bond motifs is 4. The van der Waals surface area contributed by atoms with E-state index in [1.165, 1.54) is 6.33 Å². The Morgan fingerprint density at radius 2 is 1.93 bits per heavy atom. The van der Waals surface area contributed by atoms with Crippen molar-refractivity contribution in [3.8, 4) is 5.88 Å². The van der Waals surface area contributed by atoms with E-state index in [1.807, 2.05) is 56.3 Å². The molecular weight excluding hydrogens is 354 g/mol. The molecule has 0 saturated carbocycles. The van der Waals surface area contributed by atoms with E-state index in [1.54, 1.807) is 4.57 Å². The zero-order valence-electron chi connectivity index (χ0n) is 15.4. The lowest BCUT2D eigenvalue weighted by atomic mass is 10.1. The van der Waals surface area contributed by atoms with Crippen molar-refractivity contribution in [2.75, 3.05) is 0 Å². The predicted octanol–water partition coefficient (Wildman–Crippen LogP) is 5.78. The number of hydrogen-bond donors (Lipinski definition) is 1. The van der Waals surface area contributed by atoms with Crippen molar-refractivity contribution in [1.29, 1.82) is 0 Å². The Bertz CT molecular complexity index is 1380. The molecule has 0 bridgehead atoms. The maximum atomic E-state index is 10.7. The molecule has 28 heavy (non-hydrogen) atoms. The SMILES string of the molecule is CCn1c(O)c(N=Nc2ncnc3c2oc2ccccc23)c2cc(C)ccc21. The van der Waals surface area contributed by atoms with Crippen LogP contribution in [0.3, 0.4) is 0 Å². The number of azo groups is 1. The summed E-state index contributed by atoms with van der Waals surface area (Å²) in [4.78, 5) is 8.54. The number of benzene rings is 2. The highest BCUT2D eigenvalue weighted by atomic mass is 16.3. The molecule has 5 rings (SSSR count). The number of aromatic hydroxyl groups is 1. The molecular formula is C21H17N5O2. The van der Waals surface area contributed by atoms with Crippen LogP contribution < -0.4 is 0 Å². The monoisotopic (exact) mass is 371 g/mol. The first-order valence-corrected chi connectivity index (χ1v) is 9.03. The van der Waals surface area contributed by atoms with Crippen molar-refractivity contribution in [2.24, 2.45) is 10.2 Å². The van der Waals surface area contributed by atoms with E-state index >= 15 is 0 Å². The van der Waals surface area contributed by atoms with E-state index in [0.717, 1.165) is 27.4 Å². The normalized spacial score (nSPS) is 12.1.